The molecule has 0 saturated heterocycles. The highest BCUT2D eigenvalue weighted by Gasteiger charge is 2.30. The van der Waals surface area contributed by atoms with E-state index < -0.39 is 17.6 Å². The van der Waals surface area contributed by atoms with E-state index in [1.807, 2.05) is 29.2 Å². The first-order valence-electron chi connectivity index (χ1n) is 8.22. The van der Waals surface area contributed by atoms with Crippen LogP contribution in [0.1, 0.15) is 23.1 Å². The van der Waals surface area contributed by atoms with Gasteiger partial charge in [-0.3, -0.25) is 4.79 Å². The largest absolute Gasteiger partial charge is 0.416 e. The number of para-hydroxylation sites is 1. The fourth-order valence-electron chi connectivity index (χ4n) is 3.06. The van der Waals surface area contributed by atoms with E-state index in [4.69, 9.17) is 10.5 Å². The van der Waals surface area contributed by atoms with Crippen molar-refractivity contribution < 1.29 is 22.7 Å². The van der Waals surface area contributed by atoms with Gasteiger partial charge in [0.1, 0.15) is 0 Å². The molecule has 0 spiro atoms. The molecule has 0 aliphatic carbocycles. The first-order valence-corrected chi connectivity index (χ1v) is 8.22. The number of hydrogen-bond acceptors (Lipinski definition) is 3. The summed E-state index contributed by atoms with van der Waals surface area (Å²) in [5, 5.41) is 0. The molecule has 2 aromatic carbocycles. The molecule has 0 bridgehead atoms. The molecule has 7 heteroatoms. The third kappa shape index (κ3) is 4.35. The Balaban J connectivity index is 1.84. The number of fused-ring (bicyclic) bond motifs is 1. The molecule has 1 heterocycles. The Morgan fingerprint density at radius 1 is 1.15 bits per heavy atom. The lowest BCUT2D eigenvalue weighted by atomic mass is 10.1. The van der Waals surface area contributed by atoms with E-state index in [1.54, 1.807) is 0 Å². The summed E-state index contributed by atoms with van der Waals surface area (Å²) in [6.07, 6.45) is -4.62. The van der Waals surface area contributed by atoms with Crippen LogP contribution in [0.5, 0.6) is 0 Å². The molecule has 1 unspecified atom stereocenters. The zero-order chi connectivity index (χ0) is 18.7. The number of carbonyl (C=O) groups excluding carboxylic acids is 1. The molecule has 0 saturated carbocycles. The highest BCUT2D eigenvalue weighted by atomic mass is 19.4. The van der Waals surface area contributed by atoms with Crippen molar-refractivity contribution in [3.63, 3.8) is 0 Å². The van der Waals surface area contributed by atoms with Gasteiger partial charge in [-0.1, -0.05) is 30.3 Å². The van der Waals surface area contributed by atoms with Crippen molar-refractivity contribution in [2.75, 3.05) is 11.4 Å². The highest BCUT2D eigenvalue weighted by Crippen LogP contribution is 2.31. The van der Waals surface area contributed by atoms with E-state index >= 15 is 0 Å². The van der Waals surface area contributed by atoms with Gasteiger partial charge in [0.2, 0.25) is 5.91 Å². The van der Waals surface area contributed by atoms with Gasteiger partial charge in [0.05, 0.1) is 24.7 Å². The number of nitrogens with zero attached hydrogens (tertiary/aromatic N) is 1. The number of nitrogens with two attached hydrogens (primary N) is 1. The van der Waals surface area contributed by atoms with Gasteiger partial charge in [-0.15, -0.1) is 0 Å². The quantitative estimate of drug-likeness (QED) is 0.904. The molecule has 1 amide bonds. The van der Waals surface area contributed by atoms with Crippen LogP contribution in [-0.4, -0.2) is 18.6 Å². The zero-order valence-corrected chi connectivity index (χ0v) is 14.0. The molecule has 1 aliphatic rings. The minimum absolute atomic E-state index is 0.0947. The van der Waals surface area contributed by atoms with E-state index in [0.29, 0.717) is 19.7 Å². The molecule has 0 aromatic heterocycles. The van der Waals surface area contributed by atoms with E-state index in [9.17, 15) is 18.0 Å². The molecule has 0 radical (unpaired) electrons. The molecular weight excluding hydrogens is 345 g/mol. The fourth-order valence-corrected chi connectivity index (χ4v) is 3.06. The maximum absolute atomic E-state index is 12.7. The third-order valence-electron chi connectivity index (χ3n) is 4.31. The summed E-state index contributed by atoms with van der Waals surface area (Å²) >= 11 is 0. The first kappa shape index (κ1) is 18.3. The molecule has 4 nitrogen and oxygen atoms in total. The van der Waals surface area contributed by atoms with E-state index in [2.05, 4.69) is 0 Å². The van der Waals surface area contributed by atoms with Crippen LogP contribution in [0.4, 0.5) is 18.9 Å². The van der Waals surface area contributed by atoms with Gasteiger partial charge in [-0.2, -0.15) is 13.2 Å². The Hall–Kier alpha value is -2.54. The summed E-state index contributed by atoms with van der Waals surface area (Å²) in [7, 11) is 0. The number of benzene rings is 2. The van der Waals surface area contributed by atoms with Gasteiger partial charge in [0, 0.05) is 24.3 Å². The molecule has 2 N–H and O–H groups in total. The summed E-state index contributed by atoms with van der Waals surface area (Å²) in [5.41, 5.74) is 7.27. The maximum atomic E-state index is 12.7. The topological polar surface area (TPSA) is 55.6 Å². The number of rotatable bonds is 4. The number of ether oxygens (including phenoxy) is 1. The molecule has 3 rings (SSSR count). The van der Waals surface area contributed by atoms with Crippen molar-refractivity contribution >= 4 is 11.6 Å². The van der Waals surface area contributed by atoms with Crippen molar-refractivity contribution in [3.05, 3.63) is 65.2 Å². The Labute approximate surface area is 149 Å². The number of halogens is 3. The molecule has 1 aliphatic heterocycles. The van der Waals surface area contributed by atoms with Crippen molar-refractivity contribution in [2.24, 2.45) is 5.73 Å². The molecule has 2 aromatic rings. The second-order valence-corrected chi connectivity index (χ2v) is 6.31. The monoisotopic (exact) mass is 364 g/mol. The van der Waals surface area contributed by atoms with Gasteiger partial charge >= 0.3 is 6.18 Å². The fraction of sp³-hybridized carbons (Fsp3) is 0.316. The van der Waals surface area contributed by atoms with Crippen LogP contribution in [0.3, 0.4) is 0 Å². The number of primary amides is 1. The van der Waals surface area contributed by atoms with Crippen LogP contribution >= 0.6 is 0 Å². The SMILES string of the molecule is NC(=O)CC1CN(Cc2ccc(C(F)(F)F)cc2)c2ccccc2CO1. The summed E-state index contributed by atoms with van der Waals surface area (Å²) in [6, 6.07) is 12.8. The average molecular weight is 364 g/mol. The third-order valence-corrected chi connectivity index (χ3v) is 4.31. The van der Waals surface area contributed by atoms with Gasteiger partial charge in [-0.05, 0) is 23.8 Å². The number of amides is 1. The van der Waals surface area contributed by atoms with E-state index in [1.165, 1.54) is 12.1 Å². The summed E-state index contributed by atoms with van der Waals surface area (Å²) in [6.45, 7) is 1.20. The minimum atomic E-state index is -4.35. The van der Waals surface area contributed by atoms with Gasteiger partial charge in [0.15, 0.2) is 0 Å². The second-order valence-electron chi connectivity index (χ2n) is 6.31. The predicted octanol–water partition coefficient (Wildman–Crippen LogP) is 3.49. The smallest absolute Gasteiger partial charge is 0.371 e. The minimum Gasteiger partial charge on any atom is -0.371 e. The molecule has 26 heavy (non-hydrogen) atoms. The first-order chi connectivity index (χ1) is 12.3. The summed E-state index contributed by atoms with van der Waals surface area (Å²) < 4.78 is 44.0. The summed E-state index contributed by atoms with van der Waals surface area (Å²) in [4.78, 5) is 13.3. The Bertz CT molecular complexity index is 775. The van der Waals surface area contributed by atoms with Crippen LogP contribution in [0.2, 0.25) is 0 Å². The van der Waals surface area contributed by atoms with Crippen LogP contribution < -0.4 is 10.6 Å². The number of hydrogen-bond donors (Lipinski definition) is 1. The second kappa shape index (κ2) is 7.37. The normalized spacial score (nSPS) is 17.5. The molecule has 1 atom stereocenters. The standard InChI is InChI=1S/C19H19F3N2O2/c20-19(21,22)15-7-5-13(6-8-15)10-24-11-16(9-18(23)25)26-12-14-3-1-2-4-17(14)24/h1-8,16H,9-12H2,(H2,23,25). The highest BCUT2D eigenvalue weighted by molar-refractivity contribution is 5.74. The van der Waals surface area contributed by atoms with E-state index in [0.717, 1.165) is 28.9 Å². The van der Waals surface area contributed by atoms with Crippen molar-refractivity contribution in [1.29, 1.82) is 0 Å². The van der Waals surface area contributed by atoms with E-state index in [-0.39, 0.29) is 12.5 Å². The van der Waals surface area contributed by atoms with Crippen LogP contribution in [0, 0.1) is 0 Å². The maximum Gasteiger partial charge on any atom is 0.416 e. The lowest BCUT2D eigenvalue weighted by molar-refractivity contribution is -0.137. The predicted molar refractivity (Wildman–Crippen MR) is 91.3 cm³/mol. The number of anilines is 1. The number of carbonyl (C=O) groups is 1. The van der Waals surface area contributed by atoms with Gasteiger partial charge in [0.25, 0.3) is 0 Å². The molecule has 138 valence electrons. The Kier molecular flexibility index (Phi) is 5.18. The van der Waals surface area contributed by atoms with Crippen LogP contribution in [-0.2, 0) is 28.9 Å². The Morgan fingerprint density at radius 2 is 1.85 bits per heavy atom. The van der Waals surface area contributed by atoms with Gasteiger partial charge in [-0.25, -0.2) is 0 Å². The average Bonchev–Trinajstić information content (AvgIpc) is 2.74. The Morgan fingerprint density at radius 3 is 2.50 bits per heavy atom. The molecular formula is C19H19F3N2O2. The molecule has 0 fully saturated rings. The van der Waals surface area contributed by atoms with Crippen LogP contribution in [0.15, 0.2) is 48.5 Å². The van der Waals surface area contributed by atoms with Gasteiger partial charge < -0.3 is 15.4 Å². The summed E-state index contributed by atoms with van der Waals surface area (Å²) in [5.74, 6) is -0.449. The van der Waals surface area contributed by atoms with Crippen molar-refractivity contribution in [3.8, 4) is 0 Å². The lowest BCUT2D eigenvalue weighted by Crippen LogP contribution is -2.34. The lowest BCUT2D eigenvalue weighted by Gasteiger charge is -2.27. The van der Waals surface area contributed by atoms with Crippen molar-refractivity contribution in [1.82, 2.24) is 0 Å². The van der Waals surface area contributed by atoms with Crippen molar-refractivity contribution in [2.45, 2.75) is 31.9 Å². The number of alkyl halides is 3. The van der Waals surface area contributed by atoms with Crippen LogP contribution in [0.25, 0.3) is 0 Å². The zero-order valence-electron chi connectivity index (χ0n) is 14.0.